The number of hydrogen-bond acceptors (Lipinski definition) is 8. The molecule has 0 saturated carbocycles. The summed E-state index contributed by atoms with van der Waals surface area (Å²) in [5.41, 5.74) is 15.4. The molecule has 1 aromatic carbocycles. The van der Waals surface area contributed by atoms with E-state index in [0.29, 0.717) is 11.6 Å². The zero-order valence-corrected chi connectivity index (χ0v) is 21.0. The van der Waals surface area contributed by atoms with Crippen molar-refractivity contribution in [1.82, 2.24) is 25.1 Å². The first-order valence-electron chi connectivity index (χ1n) is 11.6. The fourth-order valence-electron chi connectivity index (χ4n) is 4.31. The van der Waals surface area contributed by atoms with Crippen molar-refractivity contribution in [1.29, 1.82) is 0 Å². The number of aryl methyl sites for hydroxylation is 1. The number of aliphatic imine (C=N–C) groups is 1. The van der Waals surface area contributed by atoms with Crippen molar-refractivity contribution in [3.63, 3.8) is 0 Å². The Labute approximate surface area is 214 Å². The lowest BCUT2D eigenvalue weighted by Gasteiger charge is -2.33. The minimum absolute atomic E-state index is 0.149. The molecule has 0 bridgehead atoms. The second kappa shape index (κ2) is 11.4. The molecule has 2 aromatic heterocycles. The third kappa shape index (κ3) is 6.52. The molecule has 3 aromatic rings. The molecule has 1 aliphatic rings. The van der Waals surface area contributed by atoms with Gasteiger partial charge in [0.05, 0.1) is 18.1 Å². The van der Waals surface area contributed by atoms with Crippen molar-refractivity contribution < 1.29 is 4.39 Å². The molecular weight excluding hydrogens is 481 g/mol. The number of anilines is 2. The van der Waals surface area contributed by atoms with E-state index >= 15 is 4.39 Å². The van der Waals surface area contributed by atoms with Gasteiger partial charge in [0.15, 0.2) is 5.82 Å². The monoisotopic (exact) mass is 509 g/mol. The summed E-state index contributed by atoms with van der Waals surface area (Å²) in [5.74, 6) is 0.397. The Balaban J connectivity index is 1.45. The van der Waals surface area contributed by atoms with Gasteiger partial charge in [-0.15, -0.1) is 0 Å². The quantitative estimate of drug-likeness (QED) is 0.316. The van der Waals surface area contributed by atoms with Crippen molar-refractivity contribution in [3.05, 3.63) is 76.1 Å². The normalized spacial score (nSPS) is 15.8. The average molecular weight is 510 g/mol. The minimum atomic E-state index is -0.370. The smallest absolute Gasteiger partial charge is 0.229 e. The molecule has 0 atom stereocenters. The van der Waals surface area contributed by atoms with Crippen LogP contribution in [-0.4, -0.2) is 44.0 Å². The Morgan fingerprint density at radius 1 is 1.25 bits per heavy atom. The zero-order valence-electron chi connectivity index (χ0n) is 20.2. The van der Waals surface area contributed by atoms with Crippen LogP contribution < -0.4 is 16.8 Å². The predicted octanol–water partition coefficient (Wildman–Crippen LogP) is 4.34. The third-order valence-electron chi connectivity index (χ3n) is 6.02. The Kier molecular flexibility index (Phi) is 8.07. The number of likely N-dealkylation sites (tertiary alicyclic amines) is 1. The predicted molar refractivity (Wildman–Crippen MR) is 140 cm³/mol. The van der Waals surface area contributed by atoms with Gasteiger partial charge in [0.25, 0.3) is 0 Å². The molecule has 1 saturated heterocycles. The van der Waals surface area contributed by atoms with Crippen LogP contribution in [0.1, 0.15) is 42.4 Å². The highest BCUT2D eigenvalue weighted by Crippen LogP contribution is 2.34. The lowest BCUT2D eigenvalue weighted by atomic mass is 9.86. The number of nitrogens with one attached hydrogen (secondary N) is 1. The van der Waals surface area contributed by atoms with Gasteiger partial charge in [-0.1, -0.05) is 11.6 Å². The number of halogens is 2. The van der Waals surface area contributed by atoms with Gasteiger partial charge in [-0.25, -0.2) is 14.4 Å². The summed E-state index contributed by atoms with van der Waals surface area (Å²) < 4.78 is 15.1. The second-order valence-corrected chi connectivity index (χ2v) is 9.31. The number of nitrogens with two attached hydrogens (primary N) is 2. The van der Waals surface area contributed by atoms with E-state index in [0.717, 1.165) is 49.2 Å². The van der Waals surface area contributed by atoms with Crippen LogP contribution in [0, 0.1) is 12.7 Å². The maximum Gasteiger partial charge on any atom is 0.229 e. The Morgan fingerprint density at radius 2 is 2.03 bits per heavy atom. The number of hydrogen-bond donors (Lipinski definition) is 3. The van der Waals surface area contributed by atoms with E-state index < -0.39 is 0 Å². The summed E-state index contributed by atoms with van der Waals surface area (Å²) in [6, 6.07) is 5.39. The molecule has 0 unspecified atom stereocenters. The van der Waals surface area contributed by atoms with Crippen molar-refractivity contribution >= 4 is 34.9 Å². The van der Waals surface area contributed by atoms with Gasteiger partial charge in [-0.2, -0.15) is 15.2 Å². The average Bonchev–Trinajstić information content (AvgIpc) is 2.84. The van der Waals surface area contributed by atoms with Gasteiger partial charge in [0.1, 0.15) is 16.7 Å². The van der Waals surface area contributed by atoms with E-state index in [-0.39, 0.29) is 34.1 Å². The van der Waals surface area contributed by atoms with Crippen LogP contribution in [0.3, 0.4) is 0 Å². The third-order valence-corrected chi connectivity index (χ3v) is 6.28. The maximum absolute atomic E-state index is 15.1. The van der Waals surface area contributed by atoms with Crippen LogP contribution in [-0.2, 0) is 6.54 Å². The fraction of sp³-hybridized carbons (Fsp3) is 0.320. The van der Waals surface area contributed by atoms with E-state index in [1.165, 1.54) is 12.3 Å². The molecule has 0 aliphatic carbocycles. The van der Waals surface area contributed by atoms with Crippen molar-refractivity contribution in [2.75, 3.05) is 18.4 Å². The molecule has 1 aliphatic heterocycles. The lowest BCUT2D eigenvalue weighted by Crippen LogP contribution is -2.32. The maximum atomic E-state index is 15.1. The van der Waals surface area contributed by atoms with E-state index in [1.54, 1.807) is 31.5 Å². The van der Waals surface area contributed by atoms with Crippen LogP contribution in [0.5, 0.6) is 0 Å². The van der Waals surface area contributed by atoms with Crippen molar-refractivity contribution in [2.24, 2.45) is 16.5 Å². The second-order valence-electron chi connectivity index (χ2n) is 8.90. The van der Waals surface area contributed by atoms with Crippen molar-refractivity contribution in [2.45, 2.75) is 39.2 Å². The molecule has 9 nitrogen and oxygen atoms in total. The summed E-state index contributed by atoms with van der Waals surface area (Å²) in [4.78, 5) is 15.0. The highest BCUT2D eigenvalue weighted by molar-refractivity contribution is 6.32. The highest BCUT2D eigenvalue weighted by atomic mass is 35.5. The molecule has 11 heteroatoms. The van der Waals surface area contributed by atoms with Gasteiger partial charge in [-0.3, -0.25) is 4.90 Å². The first-order chi connectivity index (χ1) is 17.3. The Hall–Kier alpha value is -3.63. The number of allylic oxidation sites excluding steroid dienone is 1. The standard InChI is InChI=1S/C25H29ClFN9/c1-15-9-22(33-25-30-13-20(26)24(35-25)34-23(29)10-16(2)28)21(27)11-19(15)18-4-7-36(8-5-18)14-17-3-6-31-32-12-17/h3,6,9-13,18H,4-5,7-8,14,28H2,1-2H3,(H3,29,30,33,34,35)/b16-10-. The number of nitrogens with zero attached hydrogens (tertiary/aromatic N) is 6. The highest BCUT2D eigenvalue weighted by Gasteiger charge is 2.23. The fourth-order valence-corrected chi connectivity index (χ4v) is 4.44. The van der Waals surface area contributed by atoms with Gasteiger partial charge in [0, 0.05) is 18.4 Å². The molecule has 0 radical (unpaired) electrons. The Morgan fingerprint density at radius 3 is 2.72 bits per heavy atom. The summed E-state index contributed by atoms with van der Waals surface area (Å²) >= 11 is 6.15. The molecule has 4 rings (SSSR count). The largest absolute Gasteiger partial charge is 0.402 e. The first kappa shape index (κ1) is 25.5. The number of rotatable bonds is 7. The first-order valence-corrected chi connectivity index (χ1v) is 12.0. The van der Waals surface area contributed by atoms with E-state index in [1.807, 2.05) is 13.0 Å². The van der Waals surface area contributed by atoms with E-state index in [2.05, 4.69) is 35.4 Å². The van der Waals surface area contributed by atoms with E-state index in [4.69, 9.17) is 23.1 Å². The SMILES string of the molecule is C/C(N)=C/C(N)=Nc1nc(Nc2cc(C)c(C3CCN(Cc4ccnnc4)CC3)cc2F)ncc1Cl. The summed E-state index contributed by atoms with van der Waals surface area (Å²) in [6.07, 6.45) is 8.31. The van der Waals surface area contributed by atoms with Crippen LogP contribution >= 0.6 is 11.6 Å². The van der Waals surface area contributed by atoms with Crippen LogP contribution in [0.15, 0.2) is 53.6 Å². The molecule has 3 heterocycles. The molecule has 36 heavy (non-hydrogen) atoms. The minimum Gasteiger partial charge on any atom is -0.402 e. The number of amidine groups is 1. The van der Waals surface area contributed by atoms with Gasteiger partial charge >= 0.3 is 0 Å². The number of benzene rings is 1. The number of piperidine rings is 1. The summed E-state index contributed by atoms with van der Waals surface area (Å²) in [5, 5.41) is 10.9. The molecule has 5 N–H and O–H groups in total. The molecule has 1 fully saturated rings. The van der Waals surface area contributed by atoms with Crippen LogP contribution in [0.2, 0.25) is 5.02 Å². The van der Waals surface area contributed by atoms with Gasteiger partial charge in [0.2, 0.25) is 5.95 Å². The summed E-state index contributed by atoms with van der Waals surface area (Å²) in [6.45, 7) is 6.42. The number of aromatic nitrogens is 4. The molecular formula is C25H29ClFN9. The lowest BCUT2D eigenvalue weighted by molar-refractivity contribution is 0.204. The summed E-state index contributed by atoms with van der Waals surface area (Å²) in [7, 11) is 0. The van der Waals surface area contributed by atoms with Crippen LogP contribution in [0.25, 0.3) is 0 Å². The molecule has 0 spiro atoms. The van der Waals surface area contributed by atoms with Crippen LogP contribution in [0.4, 0.5) is 21.8 Å². The molecule has 188 valence electrons. The van der Waals surface area contributed by atoms with Gasteiger partial charge in [-0.05, 0) is 86.7 Å². The van der Waals surface area contributed by atoms with Gasteiger partial charge < -0.3 is 16.8 Å². The topological polar surface area (TPSA) is 131 Å². The van der Waals surface area contributed by atoms with Crippen molar-refractivity contribution in [3.8, 4) is 0 Å². The Bertz CT molecular complexity index is 1270. The molecule has 0 amide bonds. The zero-order chi connectivity index (χ0) is 25.7. The van der Waals surface area contributed by atoms with E-state index in [9.17, 15) is 0 Å².